The Morgan fingerprint density at radius 2 is 0.607 bits per heavy atom. The van der Waals surface area contributed by atoms with Crippen LogP contribution in [0.3, 0.4) is 0 Å². The fraction of sp³-hybridized carbons (Fsp3) is 0.459. The normalized spacial score (nSPS) is 26.9. The largest absolute Gasteiger partial charge is 0.481 e. The first-order valence-electron chi connectivity index (χ1n) is 42.3. The lowest BCUT2D eigenvalue weighted by molar-refractivity contribution is -0.255. The summed E-state index contributed by atoms with van der Waals surface area (Å²) in [5.41, 5.74) is 0. The number of carbonyl (C=O) groups is 1. The molecule has 6 saturated heterocycles. The molecule has 6 aliphatic heterocycles. The van der Waals surface area contributed by atoms with Crippen LogP contribution in [0.4, 0.5) is 0 Å². The van der Waals surface area contributed by atoms with Crippen LogP contribution >= 0.6 is 0 Å². The van der Waals surface area contributed by atoms with E-state index in [1.807, 2.05) is 24.3 Å². The second-order valence-electron chi connectivity index (χ2n) is 36.7. The zero-order chi connectivity index (χ0) is 83.1. The number of aliphatic hydroxyl groups excluding tert-OH is 1. The molecule has 0 radical (unpaired) electrons. The summed E-state index contributed by atoms with van der Waals surface area (Å²) >= 11 is 0. The van der Waals surface area contributed by atoms with E-state index in [-0.39, 0.29) is 63.7 Å². The molecule has 0 saturated carbocycles. The number of fused-ring (bicyclic) bond motifs is 4. The molecule has 2 unspecified atom stereocenters. The standard InChI is InChI=1S/C49H62O8Si2.C49H64O7Si2/c1-9-34(52-8)32-41-44(56-58(48(2,3)4,36-22-14-10-15-23-36)37-24-16-11-17-25-37)45-46(55-41)47(43-40(54-45)31-30-35(53-43)33-42(50)51)57-59(49(5,6)7,38-26-18-12-19-27-38)39-28-20-13-21-29-39;1-9-35(51-8)34-42-44(55-57(48(2,3)4,37-22-14-10-15-23-37)38-24-16-11-17-25-38)45-46(54-42)47(43-41(53-45)31-30-36(52-43)32-33-50)56-58(49(5,6)7,39-26-18-12-19-27-39)40-28-20-13-21-29-40/h9-29,34-35,40-41,43-47H,1,30-33H2,2-8H3,(H,50,51);9-29,35-36,41-47,50H,1,30-34H2,2-8H3/t34?,35-,40+,41-,43+,44+,45+,46-,47+;35?,36-,41+,42-,43+,44+,45+,46-,47+/m11/s1. The van der Waals surface area contributed by atoms with Gasteiger partial charge in [0.15, 0.2) is 0 Å². The van der Waals surface area contributed by atoms with Crippen LogP contribution in [0.25, 0.3) is 0 Å². The van der Waals surface area contributed by atoms with Gasteiger partial charge in [0.1, 0.15) is 61.0 Å². The average Bonchev–Trinajstić information content (AvgIpc) is 1.66. The molecule has 117 heavy (non-hydrogen) atoms. The highest BCUT2D eigenvalue weighted by molar-refractivity contribution is 7.01. The smallest absolute Gasteiger partial charge is 0.305 e. The van der Waals surface area contributed by atoms with E-state index < -0.39 is 119 Å². The highest BCUT2D eigenvalue weighted by atomic mass is 28.4. The van der Waals surface area contributed by atoms with Crippen LogP contribution in [0.2, 0.25) is 20.2 Å². The van der Waals surface area contributed by atoms with E-state index in [4.69, 9.17) is 55.6 Å². The third kappa shape index (κ3) is 17.7. The second kappa shape index (κ2) is 37.2. The summed E-state index contributed by atoms with van der Waals surface area (Å²) < 4.78 is 87.5. The molecule has 0 aliphatic carbocycles. The van der Waals surface area contributed by atoms with Crippen LogP contribution in [0.1, 0.15) is 134 Å². The van der Waals surface area contributed by atoms with Gasteiger partial charge in [-0.25, -0.2) is 0 Å². The molecule has 6 aliphatic rings. The number of methoxy groups -OCH3 is 2. The number of ether oxygens (including phenoxy) is 8. The van der Waals surface area contributed by atoms with E-state index in [9.17, 15) is 15.0 Å². The van der Waals surface area contributed by atoms with Gasteiger partial charge in [-0.15, -0.1) is 13.2 Å². The highest BCUT2D eigenvalue weighted by Gasteiger charge is 2.68. The predicted octanol–water partition coefficient (Wildman–Crippen LogP) is 14.0. The molecule has 0 amide bonds. The van der Waals surface area contributed by atoms with E-state index in [0.717, 1.165) is 23.2 Å². The fourth-order valence-corrected chi connectivity index (χ4v) is 38.8. The molecular formula is C98H126O15Si4. The Morgan fingerprint density at radius 3 is 0.838 bits per heavy atom. The van der Waals surface area contributed by atoms with Crippen molar-refractivity contribution in [3.8, 4) is 0 Å². The lowest BCUT2D eigenvalue weighted by Crippen LogP contribution is -2.73. The van der Waals surface area contributed by atoms with Crippen LogP contribution in [0, 0.1) is 0 Å². The Kier molecular flexibility index (Phi) is 27.9. The van der Waals surface area contributed by atoms with Crippen LogP contribution in [0.15, 0.2) is 268 Å². The number of carboxylic acid groups (broad SMARTS) is 1. The summed E-state index contributed by atoms with van der Waals surface area (Å²) in [5, 5.41) is 28.2. The van der Waals surface area contributed by atoms with Gasteiger partial charge in [0.25, 0.3) is 33.3 Å². The van der Waals surface area contributed by atoms with Crippen LogP contribution in [-0.4, -0.2) is 180 Å². The molecule has 19 heteroatoms. The quantitative estimate of drug-likeness (QED) is 0.0351. The summed E-state index contributed by atoms with van der Waals surface area (Å²) in [6, 6.07) is 85.6. The highest BCUT2D eigenvalue weighted by Crippen LogP contribution is 2.52. The molecule has 6 heterocycles. The van der Waals surface area contributed by atoms with Crippen molar-refractivity contribution < 1.29 is 70.6 Å². The Balaban J connectivity index is 0.000000203. The van der Waals surface area contributed by atoms with Crippen molar-refractivity contribution in [3.63, 3.8) is 0 Å². The van der Waals surface area contributed by atoms with Crippen LogP contribution in [0.5, 0.6) is 0 Å². The van der Waals surface area contributed by atoms with Gasteiger partial charge in [0, 0.05) is 33.7 Å². The van der Waals surface area contributed by atoms with Gasteiger partial charge in [-0.1, -0.05) is 338 Å². The molecule has 14 rings (SSSR count). The van der Waals surface area contributed by atoms with Gasteiger partial charge >= 0.3 is 5.97 Å². The molecular weight excluding hydrogens is 1530 g/mol. The Hall–Kier alpha value is -6.94. The number of hydrogen-bond acceptors (Lipinski definition) is 14. The summed E-state index contributed by atoms with van der Waals surface area (Å²) in [5.74, 6) is -0.890. The molecule has 6 fully saturated rings. The first kappa shape index (κ1) is 87.9. The van der Waals surface area contributed by atoms with E-state index >= 15 is 0 Å². The Labute approximate surface area is 700 Å². The van der Waals surface area contributed by atoms with Crippen LogP contribution < -0.4 is 41.5 Å². The summed E-state index contributed by atoms with van der Waals surface area (Å²) in [4.78, 5) is 12.1. The Morgan fingerprint density at radius 1 is 0.368 bits per heavy atom. The van der Waals surface area contributed by atoms with Crippen molar-refractivity contribution in [1.29, 1.82) is 0 Å². The zero-order valence-corrected chi connectivity index (χ0v) is 75.1. The molecule has 0 aromatic heterocycles. The van der Waals surface area contributed by atoms with Gasteiger partial charge in [0.05, 0.1) is 55.3 Å². The minimum absolute atomic E-state index is 0.0577. The summed E-state index contributed by atoms with van der Waals surface area (Å²) in [6.45, 7) is 35.8. The topological polar surface area (TPSA) is 168 Å². The predicted molar refractivity (Wildman–Crippen MR) is 476 cm³/mol. The molecule has 15 nitrogen and oxygen atoms in total. The molecule has 624 valence electrons. The number of hydrogen-bond donors (Lipinski definition) is 2. The molecule has 0 spiro atoms. The first-order valence-corrected chi connectivity index (χ1v) is 50.0. The third-order valence-corrected chi connectivity index (χ3v) is 45.6. The number of aliphatic carboxylic acids is 1. The number of carboxylic acids is 1. The van der Waals surface area contributed by atoms with Gasteiger partial charge in [-0.05, 0) is 93.8 Å². The van der Waals surface area contributed by atoms with Crippen molar-refractivity contribution in [2.45, 2.75) is 264 Å². The summed E-state index contributed by atoms with van der Waals surface area (Å²) in [7, 11) is -9.13. The van der Waals surface area contributed by atoms with Gasteiger partial charge in [-0.2, -0.15) is 0 Å². The van der Waals surface area contributed by atoms with Crippen molar-refractivity contribution in [2.75, 3.05) is 20.8 Å². The molecule has 8 aromatic rings. The van der Waals surface area contributed by atoms with Crippen molar-refractivity contribution in [2.24, 2.45) is 0 Å². The Bertz CT molecular complexity index is 4300. The maximum Gasteiger partial charge on any atom is 0.305 e. The zero-order valence-electron chi connectivity index (χ0n) is 71.1. The maximum atomic E-state index is 12.1. The second-order valence-corrected chi connectivity index (χ2v) is 53.8. The van der Waals surface area contributed by atoms with Crippen molar-refractivity contribution in [1.82, 2.24) is 0 Å². The first-order chi connectivity index (χ1) is 56.1. The maximum absolute atomic E-state index is 12.1. The van der Waals surface area contributed by atoms with E-state index in [1.54, 1.807) is 14.2 Å². The van der Waals surface area contributed by atoms with Crippen LogP contribution in [-0.2, 0) is 60.4 Å². The molecule has 18 atom stereocenters. The SMILES string of the molecule is C=CC(C[C@H]1O[C@H]2[C@@H](O[Si](c3ccccc3)(c3ccccc3)C(C)(C)C)[C@H]3O[C@@H](CC(=O)O)CC[C@@H]3O[C@H]2[C@H]1O[Si](c1ccccc1)(c1ccccc1)C(C)(C)C)OC.C=CC(C[C@H]1O[C@H]2[C@@H](O[Si](c3ccccc3)(c3ccccc3)C(C)(C)C)[C@H]3O[C@@H](CCO)CC[C@@H]3O[C@H]2[C@H]1O[Si](c1ccccc1)(c1ccccc1)C(C)(C)C)OC. The van der Waals surface area contributed by atoms with E-state index in [2.05, 4.69) is 327 Å². The molecule has 2 N–H and O–H groups in total. The van der Waals surface area contributed by atoms with Gasteiger partial charge in [-0.3, -0.25) is 4.79 Å². The number of aliphatic hydroxyl groups is 1. The monoisotopic (exact) mass is 1650 g/mol. The lowest BCUT2D eigenvalue weighted by atomic mass is 9.87. The van der Waals surface area contributed by atoms with Gasteiger partial charge < -0.3 is 65.8 Å². The van der Waals surface area contributed by atoms with Crippen molar-refractivity contribution >= 4 is 80.7 Å². The average molecular weight is 1660 g/mol. The minimum atomic E-state index is -3.20. The number of benzene rings is 8. The number of rotatable bonds is 28. The van der Waals surface area contributed by atoms with Crippen molar-refractivity contribution in [3.05, 3.63) is 268 Å². The minimum Gasteiger partial charge on any atom is -0.481 e. The third-order valence-electron chi connectivity index (χ3n) is 25.5. The molecule has 0 bridgehead atoms. The van der Waals surface area contributed by atoms with E-state index in [0.29, 0.717) is 32.1 Å². The fourth-order valence-electron chi connectivity index (χ4n) is 20.0. The van der Waals surface area contributed by atoms with E-state index in [1.165, 1.54) is 31.1 Å². The molecule has 8 aromatic carbocycles. The van der Waals surface area contributed by atoms with Gasteiger partial charge in [0.2, 0.25) is 0 Å². The summed E-state index contributed by atoms with van der Waals surface area (Å²) in [6.07, 6.45) is -0.0121. The lowest BCUT2D eigenvalue weighted by Gasteiger charge is -2.53.